The van der Waals surface area contributed by atoms with Crippen molar-refractivity contribution >= 4 is 16.5 Å². The van der Waals surface area contributed by atoms with Crippen molar-refractivity contribution in [2.75, 3.05) is 5.73 Å². The predicted octanol–water partition coefficient (Wildman–Crippen LogP) is 1.88. The van der Waals surface area contributed by atoms with E-state index >= 15 is 0 Å². The quantitative estimate of drug-likeness (QED) is 0.645. The number of hydrogen-bond donors (Lipinski definition) is 2. The molecule has 66 valence electrons. The average molecular weight is 172 g/mol. The van der Waals surface area contributed by atoms with Gasteiger partial charge in [-0.15, -0.1) is 0 Å². The second-order valence-electron chi connectivity index (χ2n) is 3.10. The van der Waals surface area contributed by atoms with Gasteiger partial charge in [0, 0.05) is 12.2 Å². The second-order valence-corrected chi connectivity index (χ2v) is 3.10. The Bertz CT molecular complexity index is 435. The molecule has 13 heavy (non-hydrogen) atoms. The fourth-order valence-electron chi connectivity index (χ4n) is 1.55. The largest absolute Gasteiger partial charge is 0.399 e. The van der Waals surface area contributed by atoms with Crippen LogP contribution < -0.4 is 11.5 Å². The maximum absolute atomic E-state index is 5.68. The lowest BCUT2D eigenvalue weighted by atomic mass is 10.0. The zero-order chi connectivity index (χ0) is 9.26. The highest BCUT2D eigenvalue weighted by Gasteiger charge is 1.98. The van der Waals surface area contributed by atoms with Gasteiger partial charge in [-0.2, -0.15) is 0 Å². The van der Waals surface area contributed by atoms with Gasteiger partial charge in [-0.05, 0) is 28.5 Å². The number of fused-ring (bicyclic) bond motifs is 1. The smallest absolute Gasteiger partial charge is 0.0320 e. The first kappa shape index (κ1) is 8.08. The standard InChI is InChI=1S/C11H12N2/c12-7-9-3-1-2-8-6-10(13)4-5-11(8)9/h1-6H,7,12-13H2. The molecule has 0 aromatic heterocycles. The van der Waals surface area contributed by atoms with E-state index < -0.39 is 0 Å². The summed E-state index contributed by atoms with van der Waals surface area (Å²) in [6, 6.07) is 12.0. The summed E-state index contributed by atoms with van der Waals surface area (Å²) < 4.78 is 0. The summed E-state index contributed by atoms with van der Waals surface area (Å²) in [5.41, 5.74) is 13.3. The van der Waals surface area contributed by atoms with Crippen LogP contribution in [0.1, 0.15) is 5.56 Å². The summed E-state index contributed by atoms with van der Waals surface area (Å²) in [6.45, 7) is 0.571. The fourth-order valence-corrected chi connectivity index (χ4v) is 1.55. The molecule has 0 atom stereocenters. The van der Waals surface area contributed by atoms with E-state index in [1.54, 1.807) is 0 Å². The molecule has 2 aromatic carbocycles. The maximum atomic E-state index is 5.68. The molecular formula is C11H12N2. The number of anilines is 1. The minimum Gasteiger partial charge on any atom is -0.399 e. The Morgan fingerprint density at radius 1 is 1.08 bits per heavy atom. The number of nitrogens with two attached hydrogens (primary N) is 2. The van der Waals surface area contributed by atoms with Crippen molar-refractivity contribution in [3.63, 3.8) is 0 Å². The molecule has 0 bridgehead atoms. The summed E-state index contributed by atoms with van der Waals surface area (Å²) in [7, 11) is 0. The lowest BCUT2D eigenvalue weighted by Gasteiger charge is -2.04. The van der Waals surface area contributed by atoms with Crippen molar-refractivity contribution in [2.24, 2.45) is 5.73 Å². The van der Waals surface area contributed by atoms with Gasteiger partial charge in [-0.1, -0.05) is 24.3 Å². The molecule has 0 saturated heterocycles. The monoisotopic (exact) mass is 172 g/mol. The Labute approximate surface area is 77.2 Å². The van der Waals surface area contributed by atoms with Crippen LogP contribution in [-0.4, -0.2) is 0 Å². The van der Waals surface area contributed by atoms with Gasteiger partial charge in [-0.25, -0.2) is 0 Å². The van der Waals surface area contributed by atoms with E-state index in [2.05, 4.69) is 0 Å². The minimum absolute atomic E-state index is 0.571. The molecule has 0 fully saturated rings. The molecule has 0 aliphatic heterocycles. The van der Waals surface area contributed by atoms with Crippen molar-refractivity contribution in [1.29, 1.82) is 0 Å². The molecule has 0 saturated carbocycles. The van der Waals surface area contributed by atoms with E-state index in [1.807, 2.05) is 36.4 Å². The number of nitrogen functional groups attached to an aromatic ring is 1. The molecule has 0 radical (unpaired) electrons. The summed E-state index contributed by atoms with van der Waals surface area (Å²) >= 11 is 0. The van der Waals surface area contributed by atoms with Crippen LogP contribution in [0.4, 0.5) is 5.69 Å². The molecule has 0 spiro atoms. The van der Waals surface area contributed by atoms with Crippen LogP contribution in [0.2, 0.25) is 0 Å². The van der Waals surface area contributed by atoms with Crippen LogP contribution in [0.5, 0.6) is 0 Å². The summed E-state index contributed by atoms with van der Waals surface area (Å²) in [5, 5.41) is 2.35. The van der Waals surface area contributed by atoms with E-state index in [1.165, 1.54) is 5.39 Å². The van der Waals surface area contributed by atoms with E-state index in [0.29, 0.717) is 6.54 Å². The number of benzene rings is 2. The number of rotatable bonds is 1. The fraction of sp³-hybridized carbons (Fsp3) is 0.0909. The third-order valence-electron chi connectivity index (χ3n) is 2.21. The van der Waals surface area contributed by atoms with Gasteiger partial charge in [0.15, 0.2) is 0 Å². The van der Waals surface area contributed by atoms with Crippen molar-refractivity contribution in [1.82, 2.24) is 0 Å². The highest BCUT2D eigenvalue weighted by atomic mass is 14.5. The van der Waals surface area contributed by atoms with Crippen LogP contribution in [0.25, 0.3) is 10.8 Å². The predicted molar refractivity (Wildman–Crippen MR) is 56.3 cm³/mol. The van der Waals surface area contributed by atoms with Gasteiger partial charge in [0.1, 0.15) is 0 Å². The summed E-state index contributed by atoms with van der Waals surface area (Å²) in [6.07, 6.45) is 0. The van der Waals surface area contributed by atoms with Gasteiger partial charge in [-0.3, -0.25) is 0 Å². The molecule has 2 aromatic rings. The topological polar surface area (TPSA) is 52.0 Å². The van der Waals surface area contributed by atoms with Gasteiger partial charge < -0.3 is 11.5 Å². The van der Waals surface area contributed by atoms with Crippen LogP contribution in [0.15, 0.2) is 36.4 Å². The van der Waals surface area contributed by atoms with Gasteiger partial charge in [0.25, 0.3) is 0 Å². The molecule has 2 rings (SSSR count). The molecule has 2 nitrogen and oxygen atoms in total. The minimum atomic E-state index is 0.571. The molecule has 0 heterocycles. The van der Waals surface area contributed by atoms with Crippen molar-refractivity contribution < 1.29 is 0 Å². The third kappa shape index (κ3) is 1.36. The van der Waals surface area contributed by atoms with E-state index in [4.69, 9.17) is 11.5 Å². The van der Waals surface area contributed by atoms with Gasteiger partial charge in [0.2, 0.25) is 0 Å². The highest BCUT2D eigenvalue weighted by molar-refractivity contribution is 5.88. The maximum Gasteiger partial charge on any atom is 0.0320 e. The van der Waals surface area contributed by atoms with Gasteiger partial charge in [0.05, 0.1) is 0 Å². The molecule has 0 aliphatic carbocycles. The summed E-state index contributed by atoms with van der Waals surface area (Å²) in [5.74, 6) is 0. The molecule has 0 unspecified atom stereocenters. The second kappa shape index (κ2) is 3.07. The normalized spacial score (nSPS) is 10.5. The molecule has 0 aliphatic rings. The van der Waals surface area contributed by atoms with E-state index in [-0.39, 0.29) is 0 Å². The zero-order valence-electron chi connectivity index (χ0n) is 7.33. The first-order valence-corrected chi connectivity index (χ1v) is 4.28. The Hall–Kier alpha value is -1.54. The van der Waals surface area contributed by atoms with Crippen LogP contribution >= 0.6 is 0 Å². The SMILES string of the molecule is NCc1cccc2cc(N)ccc12. The average Bonchev–Trinajstić information content (AvgIpc) is 2.16. The van der Waals surface area contributed by atoms with E-state index in [9.17, 15) is 0 Å². The van der Waals surface area contributed by atoms with E-state index in [0.717, 1.165) is 16.6 Å². The first-order chi connectivity index (χ1) is 6.31. The third-order valence-corrected chi connectivity index (χ3v) is 2.21. The van der Waals surface area contributed by atoms with Crippen LogP contribution in [0.3, 0.4) is 0 Å². The van der Waals surface area contributed by atoms with Gasteiger partial charge >= 0.3 is 0 Å². The molecular weight excluding hydrogens is 160 g/mol. The zero-order valence-corrected chi connectivity index (χ0v) is 7.33. The Morgan fingerprint density at radius 2 is 1.92 bits per heavy atom. The lowest BCUT2D eigenvalue weighted by Crippen LogP contribution is -1.97. The van der Waals surface area contributed by atoms with Crippen molar-refractivity contribution in [3.8, 4) is 0 Å². The first-order valence-electron chi connectivity index (χ1n) is 4.28. The van der Waals surface area contributed by atoms with Crippen LogP contribution in [0, 0.1) is 0 Å². The van der Waals surface area contributed by atoms with Crippen LogP contribution in [-0.2, 0) is 6.54 Å². The Morgan fingerprint density at radius 3 is 2.69 bits per heavy atom. The number of hydrogen-bond acceptors (Lipinski definition) is 2. The molecule has 4 N–H and O–H groups in total. The molecule has 0 amide bonds. The Balaban J connectivity index is 2.77. The summed E-state index contributed by atoms with van der Waals surface area (Å²) in [4.78, 5) is 0. The van der Waals surface area contributed by atoms with Crippen molar-refractivity contribution in [3.05, 3.63) is 42.0 Å². The molecule has 2 heteroatoms. The lowest BCUT2D eigenvalue weighted by molar-refractivity contribution is 1.09. The van der Waals surface area contributed by atoms with Crippen molar-refractivity contribution in [2.45, 2.75) is 6.54 Å². The Kier molecular flexibility index (Phi) is 1.91. The highest BCUT2D eigenvalue weighted by Crippen LogP contribution is 2.20.